The van der Waals surface area contributed by atoms with E-state index in [4.69, 9.17) is 9.47 Å². The summed E-state index contributed by atoms with van der Waals surface area (Å²) in [4.78, 5) is 0. The molecule has 1 saturated heterocycles. The fourth-order valence-electron chi connectivity index (χ4n) is 2.12. The third-order valence-electron chi connectivity index (χ3n) is 3.05. The Kier molecular flexibility index (Phi) is 5.58. The van der Waals surface area contributed by atoms with Crippen molar-refractivity contribution in [1.82, 2.24) is 5.32 Å². The first-order chi connectivity index (χ1) is 7.20. The van der Waals surface area contributed by atoms with Gasteiger partial charge in [0.2, 0.25) is 0 Å². The maximum atomic E-state index is 5.44. The summed E-state index contributed by atoms with van der Waals surface area (Å²) in [5.41, 5.74) is 0.164. The molecule has 15 heavy (non-hydrogen) atoms. The SMILES string of the molecule is CCCCC(COC)NC1(C)CCOC1. The molecule has 1 aliphatic heterocycles. The van der Waals surface area contributed by atoms with Gasteiger partial charge in [-0.25, -0.2) is 0 Å². The van der Waals surface area contributed by atoms with Gasteiger partial charge < -0.3 is 14.8 Å². The molecule has 0 radical (unpaired) electrons. The van der Waals surface area contributed by atoms with Crippen molar-refractivity contribution >= 4 is 0 Å². The zero-order valence-electron chi connectivity index (χ0n) is 10.3. The van der Waals surface area contributed by atoms with Crippen LogP contribution in [-0.2, 0) is 9.47 Å². The van der Waals surface area contributed by atoms with E-state index in [1.807, 2.05) is 0 Å². The van der Waals surface area contributed by atoms with Crippen molar-refractivity contribution in [2.75, 3.05) is 26.9 Å². The van der Waals surface area contributed by atoms with Gasteiger partial charge in [0.15, 0.2) is 0 Å². The normalized spacial score (nSPS) is 28.2. The number of hydrogen-bond acceptors (Lipinski definition) is 3. The lowest BCUT2D eigenvalue weighted by molar-refractivity contribution is 0.127. The van der Waals surface area contributed by atoms with Crippen LogP contribution in [0.25, 0.3) is 0 Å². The van der Waals surface area contributed by atoms with Gasteiger partial charge in [0.25, 0.3) is 0 Å². The Bertz CT molecular complexity index is 167. The van der Waals surface area contributed by atoms with Gasteiger partial charge in [-0.3, -0.25) is 0 Å². The molecular weight excluding hydrogens is 190 g/mol. The summed E-state index contributed by atoms with van der Waals surface area (Å²) in [6.07, 6.45) is 4.81. The number of methoxy groups -OCH3 is 1. The van der Waals surface area contributed by atoms with E-state index < -0.39 is 0 Å². The van der Waals surface area contributed by atoms with Crippen molar-refractivity contribution in [1.29, 1.82) is 0 Å². The molecule has 2 atom stereocenters. The van der Waals surface area contributed by atoms with Gasteiger partial charge in [0.05, 0.1) is 13.2 Å². The lowest BCUT2D eigenvalue weighted by Gasteiger charge is -2.30. The number of rotatable bonds is 7. The molecule has 0 aromatic heterocycles. The first kappa shape index (κ1) is 12.9. The van der Waals surface area contributed by atoms with E-state index in [0.717, 1.165) is 26.2 Å². The molecule has 1 aliphatic rings. The highest BCUT2D eigenvalue weighted by atomic mass is 16.5. The Morgan fingerprint density at radius 3 is 2.87 bits per heavy atom. The molecule has 0 saturated carbocycles. The Balaban J connectivity index is 2.34. The van der Waals surface area contributed by atoms with Crippen LogP contribution in [0.15, 0.2) is 0 Å². The molecule has 0 bridgehead atoms. The topological polar surface area (TPSA) is 30.5 Å². The fourth-order valence-corrected chi connectivity index (χ4v) is 2.12. The van der Waals surface area contributed by atoms with Gasteiger partial charge in [-0.15, -0.1) is 0 Å². The molecule has 0 spiro atoms. The van der Waals surface area contributed by atoms with Crippen LogP contribution in [0.4, 0.5) is 0 Å². The third kappa shape index (κ3) is 4.49. The van der Waals surface area contributed by atoms with E-state index in [9.17, 15) is 0 Å². The van der Waals surface area contributed by atoms with Crippen LogP contribution in [0.1, 0.15) is 39.5 Å². The average Bonchev–Trinajstić information content (AvgIpc) is 2.62. The quantitative estimate of drug-likeness (QED) is 0.704. The molecule has 3 nitrogen and oxygen atoms in total. The van der Waals surface area contributed by atoms with E-state index >= 15 is 0 Å². The third-order valence-corrected chi connectivity index (χ3v) is 3.05. The summed E-state index contributed by atoms with van der Waals surface area (Å²) < 4.78 is 10.7. The molecule has 3 heteroatoms. The molecule has 0 aromatic rings. The minimum atomic E-state index is 0.164. The Hall–Kier alpha value is -0.120. The van der Waals surface area contributed by atoms with Crippen molar-refractivity contribution in [3.05, 3.63) is 0 Å². The van der Waals surface area contributed by atoms with E-state index in [-0.39, 0.29) is 5.54 Å². The van der Waals surface area contributed by atoms with Crippen LogP contribution in [0.3, 0.4) is 0 Å². The molecule has 1 fully saturated rings. The highest BCUT2D eigenvalue weighted by Gasteiger charge is 2.31. The summed E-state index contributed by atoms with van der Waals surface area (Å²) in [5, 5.41) is 3.68. The largest absolute Gasteiger partial charge is 0.383 e. The minimum Gasteiger partial charge on any atom is -0.383 e. The van der Waals surface area contributed by atoms with Crippen LogP contribution < -0.4 is 5.32 Å². The Morgan fingerprint density at radius 2 is 2.33 bits per heavy atom. The second kappa shape index (κ2) is 6.46. The van der Waals surface area contributed by atoms with E-state index in [2.05, 4.69) is 19.2 Å². The summed E-state index contributed by atoms with van der Waals surface area (Å²) in [5.74, 6) is 0. The Labute approximate surface area is 93.5 Å². The maximum Gasteiger partial charge on any atom is 0.0646 e. The first-order valence-electron chi connectivity index (χ1n) is 6.04. The summed E-state index contributed by atoms with van der Waals surface area (Å²) >= 11 is 0. The second-order valence-corrected chi connectivity index (χ2v) is 4.80. The lowest BCUT2D eigenvalue weighted by atomic mass is 9.99. The van der Waals surface area contributed by atoms with Crippen LogP contribution in [-0.4, -0.2) is 38.5 Å². The fraction of sp³-hybridized carbons (Fsp3) is 1.00. The van der Waals surface area contributed by atoms with E-state index in [0.29, 0.717) is 6.04 Å². The average molecular weight is 215 g/mol. The smallest absolute Gasteiger partial charge is 0.0646 e. The number of ether oxygens (including phenoxy) is 2. The zero-order chi connectivity index (χ0) is 11.1. The number of hydrogen-bond donors (Lipinski definition) is 1. The van der Waals surface area contributed by atoms with Crippen LogP contribution in [0, 0.1) is 0 Å². The van der Waals surface area contributed by atoms with Crippen LogP contribution >= 0.6 is 0 Å². The molecule has 0 aliphatic carbocycles. The second-order valence-electron chi connectivity index (χ2n) is 4.80. The van der Waals surface area contributed by atoms with Crippen molar-refractivity contribution in [3.8, 4) is 0 Å². The molecule has 0 amide bonds. The first-order valence-corrected chi connectivity index (χ1v) is 6.04. The molecule has 0 aromatic carbocycles. The summed E-state index contributed by atoms with van der Waals surface area (Å²) in [7, 11) is 1.77. The molecule has 1 heterocycles. The lowest BCUT2D eigenvalue weighted by Crippen LogP contribution is -2.50. The van der Waals surface area contributed by atoms with Gasteiger partial charge in [-0.2, -0.15) is 0 Å². The summed E-state index contributed by atoms with van der Waals surface area (Å²) in [6.45, 7) is 6.99. The monoisotopic (exact) mass is 215 g/mol. The van der Waals surface area contributed by atoms with Gasteiger partial charge in [0.1, 0.15) is 0 Å². The molecule has 2 unspecified atom stereocenters. The van der Waals surface area contributed by atoms with Gasteiger partial charge >= 0.3 is 0 Å². The van der Waals surface area contributed by atoms with Crippen molar-refractivity contribution < 1.29 is 9.47 Å². The minimum absolute atomic E-state index is 0.164. The zero-order valence-corrected chi connectivity index (χ0v) is 10.3. The van der Waals surface area contributed by atoms with Crippen molar-refractivity contribution in [2.45, 2.75) is 51.1 Å². The molecular formula is C12H25NO2. The predicted molar refractivity (Wildman–Crippen MR) is 62.2 cm³/mol. The van der Waals surface area contributed by atoms with Crippen molar-refractivity contribution in [3.63, 3.8) is 0 Å². The molecule has 90 valence electrons. The number of unbranched alkanes of at least 4 members (excludes halogenated alkanes) is 1. The Morgan fingerprint density at radius 1 is 1.53 bits per heavy atom. The maximum absolute atomic E-state index is 5.44. The molecule has 1 N–H and O–H groups in total. The highest BCUT2D eigenvalue weighted by molar-refractivity contribution is 4.89. The number of nitrogens with one attached hydrogen (secondary N) is 1. The summed E-state index contributed by atoms with van der Waals surface area (Å²) in [6, 6.07) is 0.474. The van der Waals surface area contributed by atoms with E-state index in [1.54, 1.807) is 7.11 Å². The van der Waals surface area contributed by atoms with Gasteiger partial charge in [-0.05, 0) is 19.8 Å². The van der Waals surface area contributed by atoms with Crippen LogP contribution in [0.2, 0.25) is 0 Å². The predicted octanol–water partition coefficient (Wildman–Crippen LogP) is 1.96. The molecule has 1 rings (SSSR count). The van der Waals surface area contributed by atoms with E-state index in [1.165, 1.54) is 19.3 Å². The highest BCUT2D eigenvalue weighted by Crippen LogP contribution is 2.19. The van der Waals surface area contributed by atoms with Crippen molar-refractivity contribution in [2.24, 2.45) is 0 Å². The van der Waals surface area contributed by atoms with Crippen LogP contribution in [0.5, 0.6) is 0 Å². The van der Waals surface area contributed by atoms with Gasteiger partial charge in [0, 0.05) is 25.3 Å². The van der Waals surface area contributed by atoms with Gasteiger partial charge in [-0.1, -0.05) is 19.8 Å². The standard InChI is InChI=1S/C12H25NO2/c1-4-5-6-11(9-14-3)13-12(2)7-8-15-10-12/h11,13H,4-10H2,1-3H3.